The first-order valence-corrected chi connectivity index (χ1v) is 9.46. The van der Waals surface area contributed by atoms with Crippen molar-refractivity contribution in [2.75, 3.05) is 22.1 Å². The van der Waals surface area contributed by atoms with Gasteiger partial charge in [-0.3, -0.25) is 9.78 Å². The minimum absolute atomic E-state index is 0.00795. The van der Waals surface area contributed by atoms with Gasteiger partial charge in [0.25, 0.3) is 0 Å². The molecular weight excluding hydrogens is 324 g/mol. The SMILES string of the molecule is CCCCCN1C(=O)C(C)(C)c2cc3c(cc21)NC(c1cccnc1)N3. The van der Waals surface area contributed by atoms with E-state index in [9.17, 15) is 4.79 Å². The highest BCUT2D eigenvalue weighted by molar-refractivity contribution is 6.09. The first kappa shape index (κ1) is 16.9. The Bertz CT molecular complexity index is 831. The fourth-order valence-corrected chi connectivity index (χ4v) is 3.92. The molecular formula is C21H26N4O. The molecule has 2 aliphatic rings. The summed E-state index contributed by atoms with van der Waals surface area (Å²) >= 11 is 0. The van der Waals surface area contributed by atoms with Gasteiger partial charge in [0.05, 0.1) is 22.5 Å². The zero-order valence-electron chi connectivity index (χ0n) is 15.7. The van der Waals surface area contributed by atoms with Gasteiger partial charge in [-0.25, -0.2) is 0 Å². The van der Waals surface area contributed by atoms with Crippen molar-refractivity contribution in [3.8, 4) is 0 Å². The normalized spacial score (nSPS) is 19.7. The first-order chi connectivity index (χ1) is 12.5. The Morgan fingerprint density at radius 2 is 1.96 bits per heavy atom. The highest BCUT2D eigenvalue weighted by atomic mass is 16.2. The molecule has 1 aromatic carbocycles. The van der Waals surface area contributed by atoms with E-state index < -0.39 is 5.41 Å². The number of fused-ring (bicyclic) bond motifs is 2. The van der Waals surface area contributed by atoms with E-state index >= 15 is 0 Å². The second-order valence-electron chi connectivity index (χ2n) is 7.71. The van der Waals surface area contributed by atoms with Crippen LogP contribution in [-0.2, 0) is 10.2 Å². The number of nitrogens with zero attached hydrogens (tertiary/aromatic N) is 2. The molecule has 0 bridgehead atoms. The fourth-order valence-electron chi connectivity index (χ4n) is 3.92. The van der Waals surface area contributed by atoms with Crippen LogP contribution in [-0.4, -0.2) is 17.4 Å². The van der Waals surface area contributed by atoms with E-state index in [2.05, 4.69) is 40.7 Å². The zero-order chi connectivity index (χ0) is 18.3. The first-order valence-electron chi connectivity index (χ1n) is 9.46. The molecule has 0 radical (unpaired) electrons. The summed E-state index contributed by atoms with van der Waals surface area (Å²) in [5.74, 6) is 0.205. The van der Waals surface area contributed by atoms with Crippen molar-refractivity contribution in [2.24, 2.45) is 0 Å². The number of carbonyl (C=O) groups is 1. The number of pyridine rings is 1. The molecule has 1 unspecified atom stereocenters. The lowest BCUT2D eigenvalue weighted by Gasteiger charge is -2.20. The molecule has 2 aromatic rings. The number of aromatic nitrogens is 1. The molecule has 3 heterocycles. The van der Waals surface area contributed by atoms with E-state index in [4.69, 9.17) is 0 Å². The topological polar surface area (TPSA) is 57.3 Å². The molecule has 1 amide bonds. The Hall–Kier alpha value is -2.56. The Morgan fingerprint density at radius 1 is 1.19 bits per heavy atom. The van der Waals surface area contributed by atoms with Crippen molar-refractivity contribution in [2.45, 2.75) is 51.6 Å². The maximum absolute atomic E-state index is 13.0. The molecule has 0 spiro atoms. The molecule has 5 nitrogen and oxygen atoms in total. The van der Waals surface area contributed by atoms with Crippen molar-refractivity contribution in [1.82, 2.24) is 4.98 Å². The van der Waals surface area contributed by atoms with Crippen LogP contribution in [0.2, 0.25) is 0 Å². The smallest absolute Gasteiger partial charge is 0.237 e. The number of carbonyl (C=O) groups excluding carboxylic acids is 1. The van der Waals surface area contributed by atoms with Crippen LogP contribution in [0.5, 0.6) is 0 Å². The summed E-state index contributed by atoms with van der Waals surface area (Å²) in [6.45, 7) is 7.04. The van der Waals surface area contributed by atoms with Crippen molar-refractivity contribution in [3.05, 3.63) is 47.8 Å². The van der Waals surface area contributed by atoms with E-state index in [1.807, 2.05) is 31.0 Å². The van der Waals surface area contributed by atoms with Crippen molar-refractivity contribution in [3.63, 3.8) is 0 Å². The standard InChI is InChI=1S/C21H26N4O/c1-4-5-6-10-25-18-12-17-16(11-15(18)21(2,3)20(25)26)23-19(24-17)14-8-7-9-22-13-14/h7-9,11-13,19,23-24H,4-6,10H2,1-3H3. The summed E-state index contributed by atoms with van der Waals surface area (Å²) in [5.41, 5.74) is 4.87. The van der Waals surface area contributed by atoms with Gasteiger partial charge < -0.3 is 15.5 Å². The molecule has 2 N–H and O–H groups in total. The average Bonchev–Trinajstić information content (AvgIpc) is 3.14. The summed E-state index contributed by atoms with van der Waals surface area (Å²) in [6.07, 6.45) is 7.00. The largest absolute Gasteiger partial charge is 0.360 e. The van der Waals surface area contributed by atoms with Gasteiger partial charge in [-0.1, -0.05) is 25.8 Å². The predicted octanol–water partition coefficient (Wildman–Crippen LogP) is 4.43. The van der Waals surface area contributed by atoms with Gasteiger partial charge in [0.1, 0.15) is 6.17 Å². The van der Waals surface area contributed by atoms with E-state index in [1.165, 1.54) is 0 Å². The van der Waals surface area contributed by atoms with Crippen LogP contribution >= 0.6 is 0 Å². The molecule has 2 aliphatic heterocycles. The highest BCUT2D eigenvalue weighted by Gasteiger charge is 2.44. The van der Waals surface area contributed by atoms with Gasteiger partial charge in [-0.2, -0.15) is 0 Å². The predicted molar refractivity (Wildman–Crippen MR) is 106 cm³/mol. The summed E-state index contributed by atoms with van der Waals surface area (Å²) < 4.78 is 0. The molecule has 136 valence electrons. The van der Waals surface area contributed by atoms with Gasteiger partial charge in [0.2, 0.25) is 5.91 Å². The summed E-state index contributed by atoms with van der Waals surface area (Å²) in [4.78, 5) is 19.2. The second kappa shape index (κ2) is 6.31. The number of unbranched alkanes of at least 4 members (excludes halogenated alkanes) is 2. The molecule has 26 heavy (non-hydrogen) atoms. The third-order valence-corrected chi connectivity index (χ3v) is 5.48. The van der Waals surface area contributed by atoms with Crippen LogP contribution in [0.15, 0.2) is 36.7 Å². The van der Waals surface area contributed by atoms with Crippen LogP contribution in [0, 0.1) is 0 Å². The average molecular weight is 350 g/mol. The number of nitrogens with one attached hydrogen (secondary N) is 2. The number of amides is 1. The number of rotatable bonds is 5. The maximum atomic E-state index is 13.0. The number of hydrogen-bond donors (Lipinski definition) is 2. The molecule has 0 saturated heterocycles. The van der Waals surface area contributed by atoms with Crippen LogP contribution < -0.4 is 15.5 Å². The van der Waals surface area contributed by atoms with Gasteiger partial charge >= 0.3 is 0 Å². The summed E-state index contributed by atoms with van der Waals surface area (Å²) in [7, 11) is 0. The second-order valence-corrected chi connectivity index (χ2v) is 7.71. The molecule has 0 aliphatic carbocycles. The van der Waals surface area contributed by atoms with Crippen molar-refractivity contribution >= 4 is 23.0 Å². The summed E-state index contributed by atoms with van der Waals surface area (Å²) in [5, 5.41) is 7.04. The molecule has 1 aromatic heterocycles. The lowest BCUT2D eigenvalue weighted by molar-refractivity contribution is -0.122. The van der Waals surface area contributed by atoms with Crippen molar-refractivity contribution in [1.29, 1.82) is 0 Å². The lowest BCUT2D eigenvalue weighted by atomic mass is 9.86. The summed E-state index contributed by atoms with van der Waals surface area (Å²) in [6, 6.07) is 8.28. The van der Waals surface area contributed by atoms with E-state index in [0.717, 1.165) is 54.0 Å². The molecule has 4 rings (SSSR count). The third-order valence-electron chi connectivity index (χ3n) is 5.48. The third kappa shape index (κ3) is 2.62. The maximum Gasteiger partial charge on any atom is 0.237 e. The van der Waals surface area contributed by atoms with E-state index in [-0.39, 0.29) is 12.1 Å². The molecule has 0 fully saturated rings. The quantitative estimate of drug-likeness (QED) is 0.783. The minimum atomic E-state index is -0.482. The van der Waals surface area contributed by atoms with Crippen LogP contribution in [0.1, 0.15) is 57.3 Å². The molecule has 5 heteroatoms. The van der Waals surface area contributed by atoms with Crippen LogP contribution in [0.3, 0.4) is 0 Å². The minimum Gasteiger partial charge on any atom is -0.360 e. The molecule has 1 atom stereocenters. The van der Waals surface area contributed by atoms with Crippen molar-refractivity contribution < 1.29 is 4.79 Å². The monoisotopic (exact) mass is 350 g/mol. The lowest BCUT2D eigenvalue weighted by Crippen LogP contribution is -2.36. The van der Waals surface area contributed by atoms with E-state index in [1.54, 1.807) is 6.20 Å². The van der Waals surface area contributed by atoms with E-state index in [0.29, 0.717) is 0 Å². The number of anilines is 3. The van der Waals surface area contributed by atoms with Crippen LogP contribution in [0.4, 0.5) is 17.1 Å². The molecule has 0 saturated carbocycles. The fraction of sp³-hybridized carbons (Fsp3) is 0.429. The van der Waals surface area contributed by atoms with Gasteiger partial charge in [0.15, 0.2) is 0 Å². The van der Waals surface area contributed by atoms with Gasteiger partial charge in [-0.05, 0) is 44.0 Å². The van der Waals surface area contributed by atoms with Gasteiger partial charge in [-0.15, -0.1) is 0 Å². The Morgan fingerprint density at radius 3 is 2.65 bits per heavy atom. The van der Waals surface area contributed by atoms with Gasteiger partial charge in [0, 0.05) is 24.5 Å². The Balaban J connectivity index is 1.66. The van der Waals surface area contributed by atoms with Crippen LogP contribution in [0.25, 0.3) is 0 Å². The Kier molecular flexibility index (Phi) is 4.10. The Labute approximate surface area is 154 Å². The number of benzene rings is 1. The highest BCUT2D eigenvalue weighted by Crippen LogP contribution is 2.48. The zero-order valence-corrected chi connectivity index (χ0v) is 15.7. The number of hydrogen-bond acceptors (Lipinski definition) is 4.